The van der Waals surface area contributed by atoms with E-state index in [2.05, 4.69) is 25.3 Å². The van der Waals surface area contributed by atoms with Crippen LogP contribution in [0.5, 0.6) is 0 Å². The molecule has 7 nitrogen and oxygen atoms in total. The first kappa shape index (κ1) is 20.7. The summed E-state index contributed by atoms with van der Waals surface area (Å²) < 4.78 is 0. The molecule has 1 fully saturated rings. The molecule has 1 N–H and O–H groups in total. The second-order valence-corrected chi connectivity index (χ2v) is 7.68. The number of rotatable bonds is 5. The zero-order chi connectivity index (χ0) is 21.6. The molecule has 1 aliphatic heterocycles. The van der Waals surface area contributed by atoms with Crippen molar-refractivity contribution >= 4 is 23.6 Å². The summed E-state index contributed by atoms with van der Waals surface area (Å²) in [4.78, 5) is 32.7. The monoisotopic (exact) mass is 414 g/mol. The number of aryl methyl sites for hydroxylation is 2. The van der Waals surface area contributed by atoms with Crippen molar-refractivity contribution in [1.82, 2.24) is 24.8 Å². The van der Waals surface area contributed by atoms with Gasteiger partial charge in [-0.05, 0) is 62.9 Å². The van der Waals surface area contributed by atoms with Crippen LogP contribution in [0.25, 0.3) is 6.08 Å². The molecule has 4 rings (SSSR count). The lowest BCUT2D eigenvalue weighted by Crippen LogP contribution is -2.38. The molecule has 158 valence electrons. The highest BCUT2D eigenvalue weighted by Gasteiger charge is 2.28. The molecule has 0 saturated carbocycles. The number of likely N-dealkylation sites (tertiary alicyclic amines) is 1. The van der Waals surface area contributed by atoms with Crippen molar-refractivity contribution in [1.29, 1.82) is 0 Å². The first-order valence-electron chi connectivity index (χ1n) is 10.5. The number of hydrogen-bond acceptors (Lipinski definition) is 6. The SMILES string of the molecule is Cc1cccc(Nc2cc([C@@H]3CCCCN3C(=O)/C=C/c3cccnc3)nc(C)n2)n1. The van der Waals surface area contributed by atoms with Gasteiger partial charge in [-0.1, -0.05) is 12.1 Å². The van der Waals surface area contributed by atoms with E-state index in [-0.39, 0.29) is 11.9 Å². The van der Waals surface area contributed by atoms with Crippen LogP contribution < -0.4 is 5.32 Å². The van der Waals surface area contributed by atoms with E-state index >= 15 is 0 Å². The predicted octanol–water partition coefficient (Wildman–Crippen LogP) is 4.39. The highest BCUT2D eigenvalue weighted by Crippen LogP contribution is 2.31. The Bertz CT molecular complexity index is 1080. The summed E-state index contributed by atoms with van der Waals surface area (Å²) in [7, 11) is 0. The highest BCUT2D eigenvalue weighted by molar-refractivity contribution is 5.92. The number of nitrogens with zero attached hydrogens (tertiary/aromatic N) is 5. The normalized spacial score (nSPS) is 16.5. The minimum Gasteiger partial charge on any atom is -0.331 e. The lowest BCUT2D eigenvalue weighted by atomic mass is 9.98. The molecule has 1 saturated heterocycles. The fourth-order valence-electron chi connectivity index (χ4n) is 3.81. The average Bonchev–Trinajstić information content (AvgIpc) is 2.78. The van der Waals surface area contributed by atoms with Crippen LogP contribution in [-0.2, 0) is 4.79 Å². The van der Waals surface area contributed by atoms with E-state index in [0.717, 1.165) is 42.0 Å². The fraction of sp³-hybridized carbons (Fsp3) is 0.292. The molecule has 3 aromatic heterocycles. The van der Waals surface area contributed by atoms with Gasteiger partial charge < -0.3 is 10.2 Å². The van der Waals surface area contributed by atoms with Gasteiger partial charge in [0, 0.05) is 36.8 Å². The molecule has 0 bridgehead atoms. The first-order valence-corrected chi connectivity index (χ1v) is 10.5. The Kier molecular flexibility index (Phi) is 6.31. The summed E-state index contributed by atoms with van der Waals surface area (Å²) >= 11 is 0. The fourth-order valence-corrected chi connectivity index (χ4v) is 3.81. The minimum absolute atomic E-state index is 0.0142. The second-order valence-electron chi connectivity index (χ2n) is 7.68. The van der Waals surface area contributed by atoms with Gasteiger partial charge in [-0.2, -0.15) is 0 Å². The Hall–Kier alpha value is -3.61. The third kappa shape index (κ3) is 5.31. The van der Waals surface area contributed by atoms with Crippen molar-refractivity contribution in [3.8, 4) is 0 Å². The third-order valence-corrected chi connectivity index (χ3v) is 5.23. The summed E-state index contributed by atoms with van der Waals surface area (Å²) in [5.74, 6) is 2.07. The van der Waals surface area contributed by atoms with Crippen LogP contribution in [0.4, 0.5) is 11.6 Å². The van der Waals surface area contributed by atoms with Gasteiger partial charge in [-0.25, -0.2) is 15.0 Å². The van der Waals surface area contributed by atoms with Crippen LogP contribution in [0.3, 0.4) is 0 Å². The van der Waals surface area contributed by atoms with Crippen molar-refractivity contribution in [3.63, 3.8) is 0 Å². The van der Waals surface area contributed by atoms with Gasteiger partial charge in [-0.3, -0.25) is 9.78 Å². The van der Waals surface area contributed by atoms with E-state index in [0.29, 0.717) is 18.2 Å². The number of pyridine rings is 2. The first-order chi connectivity index (χ1) is 15.1. The largest absolute Gasteiger partial charge is 0.331 e. The number of anilines is 2. The van der Waals surface area contributed by atoms with Gasteiger partial charge >= 0.3 is 0 Å². The maximum absolute atomic E-state index is 13.0. The van der Waals surface area contributed by atoms with Crippen LogP contribution in [0.2, 0.25) is 0 Å². The molecule has 31 heavy (non-hydrogen) atoms. The van der Waals surface area contributed by atoms with Crippen molar-refractivity contribution in [2.24, 2.45) is 0 Å². The Morgan fingerprint density at radius 3 is 2.81 bits per heavy atom. The van der Waals surface area contributed by atoms with Crippen LogP contribution in [-0.4, -0.2) is 37.3 Å². The summed E-state index contributed by atoms with van der Waals surface area (Å²) in [5, 5.41) is 3.27. The molecule has 3 aromatic rings. The van der Waals surface area contributed by atoms with Crippen molar-refractivity contribution in [3.05, 3.63) is 77.6 Å². The zero-order valence-electron chi connectivity index (χ0n) is 17.8. The third-order valence-electron chi connectivity index (χ3n) is 5.23. The van der Waals surface area contributed by atoms with Gasteiger partial charge in [-0.15, -0.1) is 0 Å². The van der Waals surface area contributed by atoms with Gasteiger partial charge in [0.05, 0.1) is 11.7 Å². The molecule has 0 radical (unpaired) electrons. The zero-order valence-corrected chi connectivity index (χ0v) is 17.8. The van der Waals surface area contributed by atoms with Crippen molar-refractivity contribution in [2.45, 2.75) is 39.2 Å². The van der Waals surface area contributed by atoms with E-state index in [1.165, 1.54) is 0 Å². The Labute approximate surface area is 182 Å². The molecule has 7 heteroatoms. The number of nitrogens with one attached hydrogen (secondary N) is 1. The Morgan fingerprint density at radius 1 is 1.10 bits per heavy atom. The predicted molar refractivity (Wildman–Crippen MR) is 121 cm³/mol. The van der Waals surface area contributed by atoms with Gasteiger partial charge in [0.15, 0.2) is 0 Å². The summed E-state index contributed by atoms with van der Waals surface area (Å²) in [6.07, 6.45) is 9.82. The average molecular weight is 415 g/mol. The van der Waals surface area contributed by atoms with Crippen LogP contribution in [0.15, 0.2) is 54.9 Å². The molecule has 1 atom stereocenters. The topological polar surface area (TPSA) is 83.9 Å². The molecule has 0 unspecified atom stereocenters. The number of amides is 1. The minimum atomic E-state index is -0.0764. The lowest BCUT2D eigenvalue weighted by Gasteiger charge is -2.35. The number of hydrogen-bond donors (Lipinski definition) is 1. The van der Waals surface area contributed by atoms with Crippen LogP contribution in [0.1, 0.15) is 48.1 Å². The van der Waals surface area contributed by atoms with E-state index < -0.39 is 0 Å². The number of carbonyl (C=O) groups excluding carboxylic acids is 1. The van der Waals surface area contributed by atoms with E-state index in [1.807, 2.05) is 61.2 Å². The Morgan fingerprint density at radius 2 is 2.00 bits per heavy atom. The van der Waals surface area contributed by atoms with Crippen molar-refractivity contribution < 1.29 is 4.79 Å². The molecule has 4 heterocycles. The van der Waals surface area contributed by atoms with Gasteiger partial charge in [0.2, 0.25) is 5.91 Å². The van der Waals surface area contributed by atoms with Gasteiger partial charge in [0.1, 0.15) is 17.5 Å². The lowest BCUT2D eigenvalue weighted by molar-refractivity contribution is -0.129. The molecule has 0 aromatic carbocycles. The second kappa shape index (κ2) is 9.47. The summed E-state index contributed by atoms with van der Waals surface area (Å²) in [6, 6.07) is 11.4. The molecular formula is C24H26N6O. The highest BCUT2D eigenvalue weighted by atomic mass is 16.2. The molecule has 0 spiro atoms. The standard InChI is InChI=1S/C24H26N6O/c1-17-7-5-10-22(26-17)29-23-15-20(27-18(2)28-23)21-9-3-4-14-30(21)24(31)12-11-19-8-6-13-25-16-19/h5-8,10-13,15-16,21H,3-4,9,14H2,1-2H3,(H,26,27,28,29)/b12-11+/t21-/m0/s1. The molecule has 0 aliphatic carbocycles. The maximum Gasteiger partial charge on any atom is 0.247 e. The van der Waals surface area contributed by atoms with E-state index in [4.69, 9.17) is 0 Å². The van der Waals surface area contributed by atoms with E-state index in [1.54, 1.807) is 18.5 Å². The molecule has 1 aliphatic rings. The quantitative estimate of drug-likeness (QED) is 0.623. The van der Waals surface area contributed by atoms with Crippen molar-refractivity contribution in [2.75, 3.05) is 11.9 Å². The maximum atomic E-state index is 13.0. The Balaban J connectivity index is 1.56. The number of carbonyl (C=O) groups is 1. The smallest absolute Gasteiger partial charge is 0.247 e. The molecular weight excluding hydrogens is 388 g/mol. The number of piperidine rings is 1. The van der Waals surface area contributed by atoms with Gasteiger partial charge in [0.25, 0.3) is 0 Å². The summed E-state index contributed by atoms with van der Waals surface area (Å²) in [5.41, 5.74) is 2.69. The van der Waals surface area contributed by atoms with Crippen LogP contribution in [0, 0.1) is 13.8 Å². The summed E-state index contributed by atoms with van der Waals surface area (Å²) in [6.45, 7) is 4.54. The van der Waals surface area contributed by atoms with E-state index in [9.17, 15) is 4.79 Å². The van der Waals surface area contributed by atoms with Crippen LogP contribution >= 0.6 is 0 Å². The number of aromatic nitrogens is 4. The molecule has 1 amide bonds.